The zero-order chi connectivity index (χ0) is 18.5. The zero-order valence-corrected chi connectivity index (χ0v) is 15.0. The molecule has 136 valence electrons. The van der Waals surface area contributed by atoms with Gasteiger partial charge in [0.2, 0.25) is 5.95 Å². The van der Waals surface area contributed by atoms with Crippen LogP contribution >= 0.6 is 0 Å². The van der Waals surface area contributed by atoms with Crippen molar-refractivity contribution in [2.75, 3.05) is 23.7 Å². The van der Waals surface area contributed by atoms with Crippen LogP contribution in [-0.4, -0.2) is 38.7 Å². The number of carboxylic acid groups (broad SMARTS) is 1. The number of hydrogen-bond donors (Lipinski definition) is 3. The van der Waals surface area contributed by atoms with Gasteiger partial charge >= 0.3 is 5.97 Å². The number of anilines is 2. The second-order valence-electron chi connectivity index (χ2n) is 5.98. The van der Waals surface area contributed by atoms with Gasteiger partial charge in [0.25, 0.3) is 0 Å². The monoisotopic (exact) mass is 353 g/mol. The molecule has 0 aliphatic carbocycles. The lowest BCUT2D eigenvalue weighted by molar-refractivity contribution is -0.136. The molecule has 0 saturated carbocycles. The maximum Gasteiger partial charge on any atom is 0.303 e. The molecule has 7 nitrogen and oxygen atoms in total. The van der Waals surface area contributed by atoms with Gasteiger partial charge in [0.15, 0.2) is 0 Å². The summed E-state index contributed by atoms with van der Waals surface area (Å²) in [5.41, 5.74) is 2.82. The number of nitrogens with zero attached hydrogens (tertiary/aromatic N) is 3. The van der Waals surface area contributed by atoms with Crippen molar-refractivity contribution in [2.45, 2.75) is 26.7 Å². The first kappa shape index (κ1) is 17.7. The second-order valence-corrected chi connectivity index (χ2v) is 5.98. The molecule has 1 aromatic carbocycles. The van der Waals surface area contributed by atoms with E-state index < -0.39 is 5.97 Å². The van der Waals surface area contributed by atoms with Crippen molar-refractivity contribution in [3.63, 3.8) is 0 Å². The fraction of sp³-hybridized carbons (Fsp3) is 0.316. The molecule has 0 radical (unpaired) electrons. The van der Waals surface area contributed by atoms with Gasteiger partial charge in [-0.2, -0.15) is 4.98 Å². The number of aryl methyl sites for hydroxylation is 1. The minimum Gasteiger partial charge on any atom is -0.481 e. The molecule has 0 aliphatic heterocycles. The minimum absolute atomic E-state index is 0.132. The number of benzene rings is 1. The van der Waals surface area contributed by atoms with Crippen molar-refractivity contribution in [1.29, 1.82) is 0 Å². The first-order valence-electron chi connectivity index (χ1n) is 8.79. The Bertz CT molecular complexity index is 919. The lowest BCUT2D eigenvalue weighted by Gasteiger charge is -2.11. The Morgan fingerprint density at radius 1 is 1.15 bits per heavy atom. The van der Waals surface area contributed by atoms with Crippen LogP contribution in [0.15, 0.2) is 36.7 Å². The molecule has 0 unspecified atom stereocenters. The maximum atomic E-state index is 10.7. The van der Waals surface area contributed by atoms with Gasteiger partial charge < -0.3 is 20.3 Å². The molecule has 2 aromatic heterocycles. The Kier molecular flexibility index (Phi) is 5.36. The van der Waals surface area contributed by atoms with Gasteiger partial charge in [0.1, 0.15) is 5.82 Å². The predicted molar refractivity (Wildman–Crippen MR) is 103 cm³/mol. The summed E-state index contributed by atoms with van der Waals surface area (Å²) >= 11 is 0. The van der Waals surface area contributed by atoms with Crippen molar-refractivity contribution in [2.24, 2.45) is 0 Å². The van der Waals surface area contributed by atoms with Crippen LogP contribution in [0.4, 0.5) is 11.8 Å². The van der Waals surface area contributed by atoms with E-state index in [0.717, 1.165) is 41.1 Å². The van der Waals surface area contributed by atoms with Crippen LogP contribution < -0.4 is 10.6 Å². The molecule has 2 heterocycles. The smallest absolute Gasteiger partial charge is 0.303 e. The lowest BCUT2D eigenvalue weighted by Crippen LogP contribution is -2.07. The van der Waals surface area contributed by atoms with Crippen molar-refractivity contribution >= 4 is 28.6 Å². The number of carboxylic acids is 1. The van der Waals surface area contributed by atoms with E-state index in [2.05, 4.69) is 20.6 Å². The van der Waals surface area contributed by atoms with E-state index in [-0.39, 0.29) is 6.42 Å². The lowest BCUT2D eigenvalue weighted by atomic mass is 10.2. The third kappa shape index (κ3) is 3.93. The summed E-state index contributed by atoms with van der Waals surface area (Å²) in [5, 5.41) is 16.2. The topological polar surface area (TPSA) is 92.1 Å². The van der Waals surface area contributed by atoms with E-state index in [1.54, 1.807) is 0 Å². The maximum absolute atomic E-state index is 10.7. The molecule has 3 aromatic rings. The number of aromatic nitrogens is 3. The third-order valence-corrected chi connectivity index (χ3v) is 4.04. The molecule has 26 heavy (non-hydrogen) atoms. The number of carbonyl (C=O) groups is 1. The predicted octanol–water partition coefficient (Wildman–Crippen LogP) is 3.30. The number of fused-ring (bicyclic) bond motifs is 1. The third-order valence-electron chi connectivity index (χ3n) is 4.04. The Labute approximate surface area is 152 Å². The number of aliphatic carboxylic acids is 1. The molecule has 0 saturated heterocycles. The Morgan fingerprint density at radius 2 is 1.96 bits per heavy atom. The Balaban J connectivity index is 1.96. The SMILES string of the molecule is CCNc1nc(NCC)c2ccc(-n3ccc(CCC(=O)O)c3)cc2n1. The molecule has 0 spiro atoms. The highest BCUT2D eigenvalue weighted by atomic mass is 16.4. The Hall–Kier alpha value is -3.09. The molecule has 0 amide bonds. The molecule has 0 aliphatic rings. The van der Waals surface area contributed by atoms with Crippen molar-refractivity contribution in [1.82, 2.24) is 14.5 Å². The highest BCUT2D eigenvalue weighted by Gasteiger charge is 2.09. The summed E-state index contributed by atoms with van der Waals surface area (Å²) in [6.45, 7) is 5.58. The van der Waals surface area contributed by atoms with E-state index in [4.69, 9.17) is 5.11 Å². The first-order chi connectivity index (χ1) is 12.6. The van der Waals surface area contributed by atoms with Crippen LogP contribution in [0.5, 0.6) is 0 Å². The second kappa shape index (κ2) is 7.86. The minimum atomic E-state index is -0.785. The highest BCUT2D eigenvalue weighted by molar-refractivity contribution is 5.91. The van der Waals surface area contributed by atoms with E-state index in [9.17, 15) is 4.79 Å². The van der Waals surface area contributed by atoms with Crippen molar-refractivity contribution < 1.29 is 9.90 Å². The zero-order valence-electron chi connectivity index (χ0n) is 15.0. The van der Waals surface area contributed by atoms with Gasteiger partial charge in [0.05, 0.1) is 5.52 Å². The van der Waals surface area contributed by atoms with E-state index in [0.29, 0.717) is 12.4 Å². The summed E-state index contributed by atoms with van der Waals surface area (Å²) in [7, 11) is 0. The van der Waals surface area contributed by atoms with Gasteiger partial charge in [-0.25, -0.2) is 4.98 Å². The summed E-state index contributed by atoms with van der Waals surface area (Å²) in [4.78, 5) is 19.9. The van der Waals surface area contributed by atoms with E-state index in [1.807, 2.05) is 55.1 Å². The van der Waals surface area contributed by atoms with E-state index in [1.165, 1.54) is 0 Å². The van der Waals surface area contributed by atoms with Crippen LogP contribution in [-0.2, 0) is 11.2 Å². The molecular weight excluding hydrogens is 330 g/mol. The van der Waals surface area contributed by atoms with Gasteiger partial charge in [-0.15, -0.1) is 0 Å². The van der Waals surface area contributed by atoms with Crippen molar-refractivity contribution in [3.8, 4) is 5.69 Å². The number of rotatable bonds is 8. The normalized spacial score (nSPS) is 10.8. The van der Waals surface area contributed by atoms with Crippen molar-refractivity contribution in [3.05, 3.63) is 42.2 Å². The number of hydrogen-bond acceptors (Lipinski definition) is 5. The molecule has 0 bridgehead atoms. The van der Waals surface area contributed by atoms with Crippen LogP contribution in [0.3, 0.4) is 0 Å². The van der Waals surface area contributed by atoms with E-state index >= 15 is 0 Å². The van der Waals surface area contributed by atoms with Crippen LogP contribution in [0, 0.1) is 0 Å². The molecular formula is C19H23N5O2. The molecule has 0 fully saturated rings. The standard InChI is InChI=1S/C19H23N5O2/c1-3-20-18-15-7-6-14(11-16(15)22-19(23-18)21-4-2)24-10-9-13(12-24)5-8-17(25)26/h6-7,9-12H,3-5,8H2,1-2H3,(H,25,26)(H2,20,21,22,23). The molecule has 0 atom stereocenters. The fourth-order valence-electron chi connectivity index (χ4n) is 2.82. The summed E-state index contributed by atoms with van der Waals surface area (Å²) in [5.74, 6) is 0.629. The summed E-state index contributed by atoms with van der Waals surface area (Å²) in [6, 6.07) is 7.98. The number of nitrogens with one attached hydrogen (secondary N) is 2. The quantitative estimate of drug-likeness (QED) is 0.575. The van der Waals surface area contributed by atoms with Crippen LogP contribution in [0.1, 0.15) is 25.8 Å². The average molecular weight is 353 g/mol. The fourth-order valence-corrected chi connectivity index (χ4v) is 2.82. The van der Waals surface area contributed by atoms with Gasteiger partial charge in [-0.1, -0.05) is 0 Å². The van der Waals surface area contributed by atoms with Gasteiger partial charge in [-0.05, 0) is 50.1 Å². The van der Waals surface area contributed by atoms with Gasteiger partial charge in [-0.3, -0.25) is 4.79 Å². The molecule has 7 heteroatoms. The van der Waals surface area contributed by atoms with Crippen LogP contribution in [0.25, 0.3) is 16.6 Å². The average Bonchev–Trinajstić information content (AvgIpc) is 3.09. The highest BCUT2D eigenvalue weighted by Crippen LogP contribution is 2.25. The summed E-state index contributed by atoms with van der Waals surface area (Å²) < 4.78 is 1.98. The molecule has 3 N–H and O–H groups in total. The largest absolute Gasteiger partial charge is 0.481 e. The van der Waals surface area contributed by atoms with Gasteiger partial charge in [0, 0.05) is 43.0 Å². The molecule has 3 rings (SSSR count). The van der Waals surface area contributed by atoms with Crippen LogP contribution in [0.2, 0.25) is 0 Å². The Morgan fingerprint density at radius 3 is 2.69 bits per heavy atom. The first-order valence-corrected chi connectivity index (χ1v) is 8.79. The summed E-state index contributed by atoms with van der Waals surface area (Å²) in [6.07, 6.45) is 4.55.